The van der Waals surface area contributed by atoms with Gasteiger partial charge in [0.2, 0.25) is 0 Å². The first-order chi connectivity index (χ1) is 14.2. The molecule has 30 heavy (non-hydrogen) atoms. The molecule has 3 rings (SSSR count). The quantitative estimate of drug-likeness (QED) is 0.301. The summed E-state index contributed by atoms with van der Waals surface area (Å²) in [5, 5.41) is 26.8. The highest BCUT2D eigenvalue weighted by Crippen LogP contribution is 2.22. The van der Waals surface area contributed by atoms with Gasteiger partial charge in [0.1, 0.15) is 23.8 Å². The molecule has 0 aliphatic heterocycles. The Morgan fingerprint density at radius 1 is 1.13 bits per heavy atom. The molecule has 12 heteroatoms. The third kappa shape index (κ3) is 4.42. The summed E-state index contributed by atoms with van der Waals surface area (Å²) in [6.07, 6.45) is 2.38. The van der Waals surface area contributed by atoms with Crippen molar-refractivity contribution in [3.63, 3.8) is 0 Å². The molecular weight excluding hydrogens is 456 g/mol. The van der Waals surface area contributed by atoms with E-state index in [0.717, 1.165) is 22.3 Å². The maximum absolute atomic E-state index is 12.3. The fraction of sp³-hybridized carbons (Fsp3) is 0.444. The maximum Gasteiger partial charge on any atom is 0.312 e. The first-order valence-corrected chi connectivity index (χ1v) is 10.2. The molecule has 0 bridgehead atoms. The fourth-order valence-electron chi connectivity index (χ4n) is 3.20. The van der Waals surface area contributed by atoms with Gasteiger partial charge >= 0.3 is 5.69 Å². The summed E-state index contributed by atoms with van der Waals surface area (Å²) >= 11 is 3.50. The van der Waals surface area contributed by atoms with E-state index in [9.17, 15) is 14.9 Å². The average molecular weight is 479 g/mol. The Labute approximate surface area is 181 Å². The molecule has 0 saturated carbocycles. The van der Waals surface area contributed by atoms with Gasteiger partial charge in [0.15, 0.2) is 0 Å². The molecule has 11 nitrogen and oxygen atoms in total. The second kappa shape index (κ2) is 8.78. The van der Waals surface area contributed by atoms with Gasteiger partial charge in [-0.3, -0.25) is 24.3 Å². The third-order valence-corrected chi connectivity index (χ3v) is 5.95. The molecule has 1 N–H and O–H groups in total. The first kappa shape index (κ1) is 21.7. The van der Waals surface area contributed by atoms with Crippen LogP contribution in [0.1, 0.15) is 39.7 Å². The van der Waals surface area contributed by atoms with Gasteiger partial charge in [-0.2, -0.15) is 15.3 Å². The van der Waals surface area contributed by atoms with Gasteiger partial charge in [0.05, 0.1) is 15.1 Å². The van der Waals surface area contributed by atoms with Crippen molar-refractivity contribution in [1.82, 2.24) is 34.7 Å². The van der Waals surface area contributed by atoms with Crippen LogP contribution in [0.2, 0.25) is 0 Å². The molecule has 3 aromatic rings. The molecule has 0 aromatic carbocycles. The summed E-state index contributed by atoms with van der Waals surface area (Å²) in [4.78, 5) is 23.0. The summed E-state index contributed by atoms with van der Waals surface area (Å²) in [6.45, 7) is 8.53. The number of hydrogen-bond acceptors (Lipinski definition) is 6. The molecule has 3 heterocycles. The number of nitrogens with one attached hydrogen (secondary N) is 1. The Hall–Kier alpha value is -3.02. The van der Waals surface area contributed by atoms with Crippen molar-refractivity contribution < 1.29 is 9.72 Å². The van der Waals surface area contributed by atoms with Gasteiger partial charge in [0, 0.05) is 25.0 Å². The summed E-state index contributed by atoms with van der Waals surface area (Å²) < 4.78 is 5.93. The van der Waals surface area contributed by atoms with Crippen molar-refractivity contribution in [1.29, 1.82) is 0 Å². The number of amides is 1. The van der Waals surface area contributed by atoms with Gasteiger partial charge in [-0.1, -0.05) is 0 Å². The lowest BCUT2D eigenvalue weighted by Crippen LogP contribution is -2.26. The van der Waals surface area contributed by atoms with E-state index < -0.39 is 4.92 Å². The second-order valence-electron chi connectivity index (χ2n) is 6.98. The van der Waals surface area contributed by atoms with Crippen LogP contribution in [0, 0.1) is 37.8 Å². The van der Waals surface area contributed by atoms with Crippen molar-refractivity contribution in [2.24, 2.45) is 0 Å². The SMILES string of the molecule is Cc1nn(CCCNC(=O)c2ccn(Cn3nc(C)c([N+](=O)[O-])c3C)n2)c(C)c1Br. The lowest BCUT2D eigenvalue weighted by atomic mass is 10.3. The predicted octanol–water partition coefficient (Wildman–Crippen LogP) is 2.51. The van der Waals surface area contributed by atoms with Crippen molar-refractivity contribution in [2.75, 3.05) is 6.54 Å². The summed E-state index contributed by atoms with van der Waals surface area (Å²) in [5.74, 6) is -0.275. The number of aromatic nitrogens is 6. The largest absolute Gasteiger partial charge is 0.351 e. The lowest BCUT2D eigenvalue weighted by Gasteiger charge is -2.06. The van der Waals surface area contributed by atoms with Crippen LogP contribution in [0.4, 0.5) is 5.69 Å². The molecule has 1 amide bonds. The number of aryl methyl sites for hydroxylation is 3. The summed E-state index contributed by atoms with van der Waals surface area (Å²) in [5.41, 5.74) is 3.05. The second-order valence-corrected chi connectivity index (χ2v) is 7.77. The minimum Gasteiger partial charge on any atom is -0.351 e. The Kier molecular flexibility index (Phi) is 6.34. The van der Waals surface area contributed by atoms with E-state index in [1.165, 1.54) is 9.36 Å². The van der Waals surface area contributed by atoms with Gasteiger partial charge in [-0.05, 0) is 56.1 Å². The minimum absolute atomic E-state index is 0.00485. The van der Waals surface area contributed by atoms with Crippen LogP contribution < -0.4 is 5.32 Å². The highest BCUT2D eigenvalue weighted by molar-refractivity contribution is 9.10. The topological polar surface area (TPSA) is 126 Å². The van der Waals surface area contributed by atoms with Gasteiger partial charge < -0.3 is 5.32 Å². The number of nitrogens with zero attached hydrogens (tertiary/aromatic N) is 7. The number of hydrogen-bond donors (Lipinski definition) is 1. The Morgan fingerprint density at radius 3 is 2.43 bits per heavy atom. The Balaban J connectivity index is 1.54. The van der Waals surface area contributed by atoms with Crippen LogP contribution in [0.3, 0.4) is 0 Å². The average Bonchev–Trinajstić information content (AvgIpc) is 3.33. The zero-order valence-corrected chi connectivity index (χ0v) is 18.8. The first-order valence-electron chi connectivity index (χ1n) is 9.38. The zero-order valence-electron chi connectivity index (χ0n) is 17.2. The Bertz CT molecular complexity index is 1100. The van der Waals surface area contributed by atoms with Crippen LogP contribution in [-0.2, 0) is 13.2 Å². The van der Waals surface area contributed by atoms with E-state index in [2.05, 4.69) is 36.5 Å². The minimum atomic E-state index is -0.444. The normalized spacial score (nSPS) is 11.1. The molecule has 0 spiro atoms. The summed E-state index contributed by atoms with van der Waals surface area (Å²) in [7, 11) is 0. The number of carbonyl (C=O) groups excluding carboxylic acids is 1. The van der Waals surface area contributed by atoms with Crippen LogP contribution in [0.25, 0.3) is 0 Å². The highest BCUT2D eigenvalue weighted by Gasteiger charge is 2.22. The van der Waals surface area contributed by atoms with E-state index in [-0.39, 0.29) is 24.0 Å². The molecule has 0 aliphatic carbocycles. The van der Waals surface area contributed by atoms with Crippen LogP contribution in [0.15, 0.2) is 16.7 Å². The van der Waals surface area contributed by atoms with Crippen molar-refractivity contribution in [3.05, 3.63) is 55.3 Å². The molecule has 0 saturated heterocycles. The van der Waals surface area contributed by atoms with Gasteiger partial charge in [-0.25, -0.2) is 4.68 Å². The molecule has 0 atom stereocenters. The van der Waals surface area contributed by atoms with Crippen LogP contribution >= 0.6 is 15.9 Å². The number of rotatable bonds is 8. The van der Waals surface area contributed by atoms with E-state index in [0.29, 0.717) is 24.5 Å². The highest BCUT2D eigenvalue weighted by atomic mass is 79.9. The number of halogens is 1. The van der Waals surface area contributed by atoms with Gasteiger partial charge in [0.25, 0.3) is 5.91 Å². The number of nitro groups is 1. The van der Waals surface area contributed by atoms with Crippen LogP contribution in [0.5, 0.6) is 0 Å². The molecule has 0 fully saturated rings. The molecule has 3 aromatic heterocycles. The van der Waals surface area contributed by atoms with Crippen molar-refractivity contribution in [3.8, 4) is 0 Å². The summed E-state index contributed by atoms with van der Waals surface area (Å²) in [6, 6.07) is 1.60. The molecule has 0 unspecified atom stereocenters. The Morgan fingerprint density at radius 2 is 1.83 bits per heavy atom. The van der Waals surface area contributed by atoms with E-state index in [1.54, 1.807) is 26.1 Å². The molecule has 0 radical (unpaired) electrons. The third-order valence-electron chi connectivity index (χ3n) is 4.80. The van der Waals surface area contributed by atoms with E-state index in [4.69, 9.17) is 0 Å². The molecule has 160 valence electrons. The van der Waals surface area contributed by atoms with Crippen LogP contribution in [-0.4, -0.2) is 46.7 Å². The monoisotopic (exact) mass is 478 g/mol. The van der Waals surface area contributed by atoms with Crippen molar-refractivity contribution in [2.45, 2.75) is 47.3 Å². The molecular formula is C18H23BrN8O3. The lowest BCUT2D eigenvalue weighted by molar-refractivity contribution is -0.386. The molecule has 0 aliphatic rings. The van der Waals surface area contributed by atoms with Crippen molar-refractivity contribution >= 4 is 27.5 Å². The van der Waals surface area contributed by atoms with E-state index >= 15 is 0 Å². The fourth-order valence-corrected chi connectivity index (χ4v) is 3.49. The smallest absolute Gasteiger partial charge is 0.312 e. The maximum atomic E-state index is 12.3. The standard InChI is InChI=1S/C18H23BrN8O3/c1-11-16(19)13(3)25(21-11)8-5-7-20-18(28)15-6-9-24(23-15)10-26-14(4)17(27(29)30)12(2)22-26/h6,9H,5,7-8,10H2,1-4H3,(H,20,28). The van der Waals surface area contributed by atoms with E-state index in [1.807, 2.05) is 18.5 Å². The predicted molar refractivity (Wildman–Crippen MR) is 112 cm³/mol. The number of carbonyl (C=O) groups is 1. The zero-order chi connectivity index (χ0) is 22.0. The van der Waals surface area contributed by atoms with Gasteiger partial charge in [-0.15, -0.1) is 0 Å².